The molecule has 0 aliphatic heterocycles. The Morgan fingerprint density at radius 1 is 0.815 bits per heavy atom. The molecule has 1 aromatic heterocycles. The van der Waals surface area contributed by atoms with E-state index in [0.29, 0.717) is 0 Å². The predicted octanol–water partition coefficient (Wildman–Crippen LogP) is 4.76. The van der Waals surface area contributed by atoms with Crippen molar-refractivity contribution in [3.63, 3.8) is 0 Å². The lowest BCUT2D eigenvalue weighted by Crippen LogP contribution is -2.34. The van der Waals surface area contributed by atoms with Crippen LogP contribution < -0.4 is 0 Å². The number of carboxylic acid groups (broad SMARTS) is 1. The standard InChI is InChI=1S/C19H11F4NO2S/c20-13-15(14(21)17(23)24-16(13)22)27-19(18(25)26,11-7-3-1-4-8-11)12-9-5-2-6-10-12/h1-10H,(H,25,26). The zero-order valence-electron chi connectivity index (χ0n) is 13.5. The number of nitrogens with zero attached hydrogens (tertiary/aromatic N) is 1. The number of aromatic nitrogens is 1. The molecule has 0 bridgehead atoms. The molecule has 1 N–H and O–H groups in total. The van der Waals surface area contributed by atoms with Crippen LogP contribution in [0.25, 0.3) is 0 Å². The van der Waals surface area contributed by atoms with Gasteiger partial charge in [0, 0.05) is 0 Å². The van der Waals surface area contributed by atoms with Gasteiger partial charge in [-0.3, -0.25) is 0 Å². The molecule has 2 aromatic carbocycles. The van der Waals surface area contributed by atoms with Crippen molar-refractivity contribution in [2.24, 2.45) is 0 Å². The molecule has 27 heavy (non-hydrogen) atoms. The topological polar surface area (TPSA) is 50.2 Å². The number of hydrogen-bond donors (Lipinski definition) is 1. The number of hydrogen-bond acceptors (Lipinski definition) is 3. The molecule has 0 radical (unpaired) electrons. The quantitative estimate of drug-likeness (QED) is 0.386. The highest BCUT2D eigenvalue weighted by atomic mass is 32.2. The lowest BCUT2D eigenvalue weighted by atomic mass is 9.90. The molecule has 0 amide bonds. The third kappa shape index (κ3) is 3.28. The van der Waals surface area contributed by atoms with E-state index in [2.05, 4.69) is 4.98 Å². The van der Waals surface area contributed by atoms with Gasteiger partial charge >= 0.3 is 5.97 Å². The van der Waals surface area contributed by atoms with Gasteiger partial charge in [-0.1, -0.05) is 72.4 Å². The first-order valence-electron chi connectivity index (χ1n) is 7.61. The van der Waals surface area contributed by atoms with Gasteiger partial charge in [-0.25, -0.2) is 13.6 Å². The maximum Gasteiger partial charge on any atom is 0.329 e. The Kier molecular flexibility index (Phi) is 5.18. The van der Waals surface area contributed by atoms with Crippen LogP contribution in [-0.4, -0.2) is 16.1 Å². The fraction of sp³-hybridized carbons (Fsp3) is 0.0526. The Morgan fingerprint density at radius 3 is 1.59 bits per heavy atom. The number of thioether (sulfide) groups is 1. The fourth-order valence-electron chi connectivity index (χ4n) is 2.63. The van der Waals surface area contributed by atoms with Gasteiger partial charge in [-0.15, -0.1) is 0 Å². The molecule has 0 aliphatic rings. The number of benzene rings is 2. The summed E-state index contributed by atoms with van der Waals surface area (Å²) in [5.41, 5.74) is 0.343. The van der Waals surface area contributed by atoms with E-state index < -0.39 is 39.1 Å². The summed E-state index contributed by atoms with van der Waals surface area (Å²) in [7, 11) is 0. The molecule has 1 heterocycles. The van der Waals surface area contributed by atoms with Crippen LogP contribution in [0.4, 0.5) is 17.6 Å². The number of carbonyl (C=O) groups is 1. The third-order valence-electron chi connectivity index (χ3n) is 3.87. The summed E-state index contributed by atoms with van der Waals surface area (Å²) >= 11 is 0.163. The van der Waals surface area contributed by atoms with Crippen LogP contribution in [0.2, 0.25) is 0 Å². The number of halogens is 4. The van der Waals surface area contributed by atoms with E-state index in [-0.39, 0.29) is 22.9 Å². The maximum atomic E-state index is 14.2. The molecule has 8 heteroatoms. The molecule has 0 saturated carbocycles. The number of rotatable bonds is 5. The summed E-state index contributed by atoms with van der Waals surface area (Å²) in [6.45, 7) is 0. The van der Waals surface area contributed by atoms with Crippen molar-refractivity contribution < 1.29 is 27.5 Å². The van der Waals surface area contributed by atoms with Gasteiger partial charge in [0.1, 0.15) is 0 Å². The number of aliphatic carboxylic acids is 1. The first-order chi connectivity index (χ1) is 12.9. The Labute approximate surface area is 155 Å². The van der Waals surface area contributed by atoms with E-state index >= 15 is 0 Å². The van der Waals surface area contributed by atoms with Crippen molar-refractivity contribution in [1.29, 1.82) is 0 Å². The van der Waals surface area contributed by atoms with Crippen molar-refractivity contribution in [2.75, 3.05) is 0 Å². The zero-order valence-corrected chi connectivity index (χ0v) is 14.3. The van der Waals surface area contributed by atoms with Crippen LogP contribution in [0.15, 0.2) is 65.6 Å². The summed E-state index contributed by atoms with van der Waals surface area (Å²) in [6, 6.07) is 15.3. The SMILES string of the molecule is O=C(O)C(Sc1c(F)c(F)nc(F)c1F)(c1ccccc1)c1ccccc1. The van der Waals surface area contributed by atoms with Crippen molar-refractivity contribution in [2.45, 2.75) is 9.64 Å². The first-order valence-corrected chi connectivity index (χ1v) is 8.43. The predicted molar refractivity (Wildman–Crippen MR) is 91.2 cm³/mol. The Morgan fingerprint density at radius 2 is 1.22 bits per heavy atom. The van der Waals surface area contributed by atoms with Crippen LogP contribution in [0.1, 0.15) is 11.1 Å². The minimum atomic E-state index is -2.05. The van der Waals surface area contributed by atoms with Gasteiger partial charge in [0.15, 0.2) is 16.4 Å². The second-order valence-electron chi connectivity index (χ2n) is 5.47. The molecule has 0 aliphatic carbocycles. The summed E-state index contributed by atoms with van der Waals surface area (Å²) < 4.78 is 53.5. The normalized spacial score (nSPS) is 11.4. The van der Waals surface area contributed by atoms with Crippen molar-refractivity contribution in [3.8, 4) is 0 Å². The Hall–Kier alpha value is -2.87. The van der Waals surface area contributed by atoms with Gasteiger partial charge in [-0.05, 0) is 11.1 Å². The molecule has 138 valence electrons. The fourth-order valence-corrected chi connectivity index (χ4v) is 3.88. The first kappa shape index (κ1) is 18.9. The van der Waals surface area contributed by atoms with E-state index in [4.69, 9.17) is 0 Å². The van der Waals surface area contributed by atoms with Crippen molar-refractivity contribution in [1.82, 2.24) is 4.98 Å². The second-order valence-corrected chi connectivity index (χ2v) is 6.70. The minimum Gasteiger partial charge on any atom is -0.480 e. The summed E-state index contributed by atoms with van der Waals surface area (Å²) in [6.07, 6.45) is 0. The van der Waals surface area contributed by atoms with Gasteiger partial charge < -0.3 is 5.11 Å². The van der Waals surface area contributed by atoms with E-state index in [0.717, 1.165) is 0 Å². The lowest BCUT2D eigenvalue weighted by molar-refractivity contribution is -0.138. The minimum absolute atomic E-state index is 0.163. The molecule has 0 spiro atoms. The largest absolute Gasteiger partial charge is 0.480 e. The highest BCUT2D eigenvalue weighted by Gasteiger charge is 2.45. The molecule has 0 unspecified atom stereocenters. The van der Waals surface area contributed by atoms with Crippen LogP contribution in [0.5, 0.6) is 0 Å². The van der Waals surface area contributed by atoms with E-state index in [1.54, 1.807) is 36.4 Å². The Bertz CT molecular complexity index is 918. The maximum absolute atomic E-state index is 14.2. The Balaban J connectivity index is 2.31. The number of carboxylic acids is 1. The molecule has 3 rings (SSSR count). The van der Waals surface area contributed by atoms with Gasteiger partial charge in [0.05, 0.1) is 4.90 Å². The average molecular weight is 393 g/mol. The average Bonchev–Trinajstić information content (AvgIpc) is 2.68. The summed E-state index contributed by atoms with van der Waals surface area (Å²) in [4.78, 5) is 13.8. The summed E-state index contributed by atoms with van der Waals surface area (Å²) in [5.74, 6) is -8.66. The smallest absolute Gasteiger partial charge is 0.329 e. The molecule has 3 nitrogen and oxygen atoms in total. The molecular weight excluding hydrogens is 382 g/mol. The highest BCUT2D eigenvalue weighted by Crippen LogP contribution is 2.48. The van der Waals surface area contributed by atoms with Crippen LogP contribution in [0, 0.1) is 23.5 Å². The summed E-state index contributed by atoms with van der Waals surface area (Å²) in [5, 5.41) is 10.0. The molecule has 0 atom stereocenters. The van der Waals surface area contributed by atoms with Crippen LogP contribution >= 0.6 is 11.8 Å². The molecule has 3 aromatic rings. The van der Waals surface area contributed by atoms with Crippen molar-refractivity contribution in [3.05, 3.63) is 95.3 Å². The highest BCUT2D eigenvalue weighted by molar-refractivity contribution is 8.01. The molecule has 0 fully saturated rings. The second kappa shape index (κ2) is 7.40. The zero-order chi connectivity index (χ0) is 19.6. The number of pyridine rings is 1. The van der Waals surface area contributed by atoms with E-state index in [9.17, 15) is 27.5 Å². The van der Waals surface area contributed by atoms with Crippen LogP contribution in [-0.2, 0) is 9.54 Å². The van der Waals surface area contributed by atoms with E-state index in [1.807, 2.05) is 0 Å². The van der Waals surface area contributed by atoms with Gasteiger partial charge in [0.2, 0.25) is 0 Å². The van der Waals surface area contributed by atoms with Gasteiger partial charge in [0.25, 0.3) is 11.9 Å². The monoisotopic (exact) mass is 393 g/mol. The molecule has 0 saturated heterocycles. The van der Waals surface area contributed by atoms with E-state index in [1.165, 1.54) is 24.3 Å². The van der Waals surface area contributed by atoms with Gasteiger partial charge in [-0.2, -0.15) is 13.8 Å². The lowest BCUT2D eigenvalue weighted by Gasteiger charge is -2.30. The third-order valence-corrected chi connectivity index (χ3v) is 5.39. The van der Waals surface area contributed by atoms with Crippen molar-refractivity contribution >= 4 is 17.7 Å². The molecular formula is C19H11F4NO2S. The van der Waals surface area contributed by atoms with Crippen LogP contribution in [0.3, 0.4) is 0 Å².